The quantitative estimate of drug-likeness (QED) is 0.375. The van der Waals surface area contributed by atoms with Crippen LogP contribution in [0.1, 0.15) is 41.5 Å². The van der Waals surface area contributed by atoms with Crippen LogP contribution in [0, 0.1) is 5.41 Å². The highest BCUT2D eigenvalue weighted by atomic mass is 31.2. The summed E-state index contributed by atoms with van der Waals surface area (Å²) >= 11 is 0. The molecule has 0 radical (unpaired) electrons. The first-order chi connectivity index (χ1) is 10.7. The zero-order valence-electron chi connectivity index (χ0n) is 14.8. The van der Waals surface area contributed by atoms with Gasteiger partial charge in [-0.25, -0.2) is 0 Å². The van der Waals surface area contributed by atoms with Crippen molar-refractivity contribution in [1.82, 2.24) is 5.06 Å². The van der Waals surface area contributed by atoms with Crippen molar-refractivity contribution in [2.24, 2.45) is 5.41 Å². The summed E-state index contributed by atoms with van der Waals surface area (Å²) in [6, 6.07) is 0. The molecule has 0 saturated heterocycles. The van der Waals surface area contributed by atoms with Crippen LogP contribution in [0.4, 0.5) is 26.3 Å². The third kappa shape index (κ3) is 8.72. The highest BCUT2D eigenvalue weighted by Gasteiger charge is 2.53. The second-order valence-electron chi connectivity index (χ2n) is 7.57. The molecule has 0 rings (SSSR count). The number of alkyl halides is 6. The van der Waals surface area contributed by atoms with Crippen molar-refractivity contribution >= 4 is 7.60 Å². The Bertz CT molecular complexity index is 459. The molecular weight excluding hydrogens is 379 g/mol. The van der Waals surface area contributed by atoms with Crippen LogP contribution >= 0.6 is 7.60 Å². The molecule has 0 spiro atoms. The summed E-state index contributed by atoms with van der Waals surface area (Å²) in [7, 11) is -5.06. The van der Waals surface area contributed by atoms with Gasteiger partial charge < -0.3 is 5.21 Å². The lowest BCUT2D eigenvalue weighted by molar-refractivity contribution is -0.200. The molecular formula is C13H24F6NO4P. The highest BCUT2D eigenvalue weighted by molar-refractivity contribution is 7.54. The largest absolute Gasteiger partial charge is 0.412 e. The minimum absolute atomic E-state index is 0.417. The Labute approximate surface area is 142 Å². The number of halogens is 6. The molecule has 0 fully saturated rings. The van der Waals surface area contributed by atoms with Gasteiger partial charge in [-0.15, -0.1) is 0 Å². The third-order valence-corrected chi connectivity index (χ3v) is 5.38. The van der Waals surface area contributed by atoms with Crippen molar-refractivity contribution < 1.29 is 45.2 Å². The van der Waals surface area contributed by atoms with Gasteiger partial charge in [0.15, 0.2) is 13.2 Å². The number of hydrogen-bond donors (Lipinski definition) is 1. The Morgan fingerprint density at radius 1 is 0.880 bits per heavy atom. The maximum Gasteiger partial charge on any atom is 0.412 e. The Balaban J connectivity index is 5.95. The summed E-state index contributed by atoms with van der Waals surface area (Å²) in [6.07, 6.45) is -9.89. The van der Waals surface area contributed by atoms with Gasteiger partial charge in [-0.1, -0.05) is 20.8 Å². The smallest absolute Gasteiger partial charge is 0.313 e. The molecule has 0 aromatic rings. The van der Waals surface area contributed by atoms with Crippen molar-refractivity contribution in [1.29, 1.82) is 0 Å². The van der Waals surface area contributed by atoms with Crippen LogP contribution in [0.25, 0.3) is 0 Å². The van der Waals surface area contributed by atoms with E-state index < -0.39 is 49.9 Å². The zero-order chi connectivity index (χ0) is 20.5. The third-order valence-electron chi connectivity index (χ3n) is 2.81. The molecule has 0 aliphatic rings. The number of rotatable bonds is 6. The molecule has 1 unspecified atom stereocenters. The van der Waals surface area contributed by atoms with Crippen LogP contribution in [0.15, 0.2) is 0 Å². The first kappa shape index (κ1) is 24.7. The SMILES string of the molecule is CC(C)(C)C(N(O)C(C)(C)C)P(=O)(OCC(F)(F)F)OCC(F)(F)F. The fraction of sp³-hybridized carbons (Fsp3) is 1.00. The van der Waals surface area contributed by atoms with Gasteiger partial charge >= 0.3 is 19.9 Å². The first-order valence-electron chi connectivity index (χ1n) is 7.19. The van der Waals surface area contributed by atoms with Crippen molar-refractivity contribution in [3.8, 4) is 0 Å². The standard InChI is InChI=1S/C13H24F6NO4P/c1-10(2,3)9(20(21)11(4,5)6)25(22,23-7-12(14,15)16)24-8-13(17,18)19/h9,21H,7-8H2,1-6H3. The number of nitrogens with zero attached hydrogens (tertiary/aromatic N) is 1. The minimum atomic E-state index is -5.06. The van der Waals surface area contributed by atoms with Crippen LogP contribution in [0.2, 0.25) is 0 Å². The molecule has 0 aromatic heterocycles. The van der Waals surface area contributed by atoms with Crippen molar-refractivity contribution in [3.05, 3.63) is 0 Å². The molecule has 0 heterocycles. The Morgan fingerprint density at radius 3 is 1.40 bits per heavy atom. The van der Waals surface area contributed by atoms with Crippen molar-refractivity contribution in [2.45, 2.75) is 65.2 Å². The van der Waals surface area contributed by atoms with E-state index in [9.17, 15) is 36.1 Å². The van der Waals surface area contributed by atoms with Gasteiger partial charge in [-0.3, -0.25) is 13.6 Å². The molecule has 25 heavy (non-hydrogen) atoms. The summed E-state index contributed by atoms with van der Waals surface area (Å²) in [4.78, 5) is 0. The van der Waals surface area contributed by atoms with Crippen LogP contribution in [0.3, 0.4) is 0 Å². The molecule has 0 saturated carbocycles. The van der Waals surface area contributed by atoms with E-state index in [2.05, 4.69) is 9.05 Å². The van der Waals surface area contributed by atoms with Gasteiger partial charge in [0, 0.05) is 5.54 Å². The van der Waals surface area contributed by atoms with Crippen LogP contribution in [-0.4, -0.2) is 47.2 Å². The normalized spacial score (nSPS) is 16.4. The van der Waals surface area contributed by atoms with E-state index in [0.29, 0.717) is 5.06 Å². The fourth-order valence-corrected chi connectivity index (χ4v) is 4.42. The Morgan fingerprint density at radius 2 is 1.20 bits per heavy atom. The zero-order valence-corrected chi connectivity index (χ0v) is 15.7. The molecule has 152 valence electrons. The predicted molar refractivity (Wildman–Crippen MR) is 78.2 cm³/mol. The lowest BCUT2D eigenvalue weighted by atomic mass is 9.94. The number of hydroxylamine groups is 2. The second-order valence-corrected chi connectivity index (χ2v) is 9.66. The Hall–Kier alpha value is -0.350. The van der Waals surface area contributed by atoms with E-state index in [1.165, 1.54) is 41.5 Å². The van der Waals surface area contributed by atoms with Gasteiger partial charge in [0.2, 0.25) is 0 Å². The molecule has 12 heteroatoms. The van der Waals surface area contributed by atoms with Crippen molar-refractivity contribution in [3.63, 3.8) is 0 Å². The summed E-state index contributed by atoms with van der Waals surface area (Å²) < 4.78 is 96.2. The van der Waals surface area contributed by atoms with Crippen LogP contribution in [0.5, 0.6) is 0 Å². The van der Waals surface area contributed by atoms with E-state index in [1.807, 2.05) is 0 Å². The average Bonchev–Trinajstić information content (AvgIpc) is 2.30. The molecule has 0 aromatic carbocycles. The summed E-state index contributed by atoms with van der Waals surface area (Å²) in [5.41, 5.74) is -2.40. The van der Waals surface area contributed by atoms with E-state index in [0.717, 1.165) is 0 Å². The second kappa shape index (κ2) is 7.72. The van der Waals surface area contributed by atoms with E-state index in [-0.39, 0.29) is 0 Å². The van der Waals surface area contributed by atoms with Gasteiger partial charge in [0.05, 0.1) is 0 Å². The summed E-state index contributed by atoms with van der Waals surface area (Å²) in [6.45, 7) is 4.30. The lowest BCUT2D eigenvalue weighted by Crippen LogP contribution is -2.52. The molecule has 5 nitrogen and oxygen atoms in total. The van der Waals surface area contributed by atoms with Gasteiger partial charge in [0.25, 0.3) is 0 Å². The fourth-order valence-electron chi connectivity index (χ4n) is 1.85. The van der Waals surface area contributed by atoms with E-state index in [1.54, 1.807) is 0 Å². The monoisotopic (exact) mass is 403 g/mol. The maximum atomic E-state index is 12.9. The molecule has 0 aliphatic carbocycles. The average molecular weight is 403 g/mol. The summed E-state index contributed by atoms with van der Waals surface area (Å²) in [5.74, 6) is -1.77. The first-order valence-corrected chi connectivity index (χ1v) is 8.81. The van der Waals surface area contributed by atoms with Crippen LogP contribution < -0.4 is 0 Å². The topological polar surface area (TPSA) is 59.0 Å². The molecule has 1 N–H and O–H groups in total. The summed E-state index contributed by atoms with van der Waals surface area (Å²) in [5, 5.41) is 10.7. The number of hydrogen-bond acceptors (Lipinski definition) is 5. The maximum absolute atomic E-state index is 12.9. The van der Waals surface area contributed by atoms with Gasteiger partial charge in [-0.05, 0) is 26.2 Å². The highest BCUT2D eigenvalue weighted by Crippen LogP contribution is 2.61. The van der Waals surface area contributed by atoms with Crippen LogP contribution in [-0.2, 0) is 13.6 Å². The van der Waals surface area contributed by atoms with E-state index >= 15 is 0 Å². The van der Waals surface area contributed by atoms with Gasteiger partial charge in [-0.2, -0.15) is 31.4 Å². The molecule has 1 atom stereocenters. The molecule has 0 aliphatic heterocycles. The minimum Gasteiger partial charge on any atom is -0.313 e. The van der Waals surface area contributed by atoms with Gasteiger partial charge in [0.1, 0.15) is 5.78 Å². The Kier molecular flexibility index (Phi) is 7.61. The van der Waals surface area contributed by atoms with E-state index in [4.69, 9.17) is 0 Å². The lowest BCUT2D eigenvalue weighted by Gasteiger charge is -2.45. The predicted octanol–water partition coefficient (Wildman–Crippen LogP) is 5.20. The molecule has 0 bridgehead atoms. The molecule has 0 amide bonds. The van der Waals surface area contributed by atoms with Crippen molar-refractivity contribution in [2.75, 3.05) is 13.2 Å².